The summed E-state index contributed by atoms with van der Waals surface area (Å²) in [7, 11) is 0. The smallest absolute Gasteiger partial charge is 0.0649 e. The van der Waals surface area contributed by atoms with Gasteiger partial charge in [-0.25, -0.2) is 4.68 Å². The number of nitrogens with zero attached hydrogens (tertiary/aromatic N) is 3. The molecule has 4 heteroatoms. The third kappa shape index (κ3) is 3.57. The highest BCUT2D eigenvalue weighted by molar-refractivity contribution is 5.32. The molecule has 4 nitrogen and oxygen atoms in total. The van der Waals surface area contributed by atoms with Crippen LogP contribution in [0.25, 0.3) is 5.69 Å². The van der Waals surface area contributed by atoms with E-state index in [0.29, 0.717) is 6.04 Å². The van der Waals surface area contributed by atoms with Gasteiger partial charge in [-0.3, -0.25) is 4.90 Å². The minimum atomic E-state index is 0.687. The molecule has 0 aliphatic carbocycles. The van der Waals surface area contributed by atoms with Crippen molar-refractivity contribution in [2.45, 2.75) is 38.8 Å². The number of likely N-dealkylation sites (N-methyl/N-ethyl adjacent to an activating group) is 1. The summed E-state index contributed by atoms with van der Waals surface area (Å²) < 4.78 is 2.02. The van der Waals surface area contributed by atoms with E-state index in [2.05, 4.69) is 52.6 Å². The highest BCUT2D eigenvalue weighted by Crippen LogP contribution is 2.16. The lowest BCUT2D eigenvalue weighted by Gasteiger charge is -2.35. The van der Waals surface area contributed by atoms with Gasteiger partial charge in [-0.05, 0) is 44.1 Å². The van der Waals surface area contributed by atoms with Gasteiger partial charge in [0.25, 0.3) is 0 Å². The second kappa shape index (κ2) is 7.56. The zero-order valence-electron chi connectivity index (χ0n) is 13.4. The molecule has 1 aromatic heterocycles. The van der Waals surface area contributed by atoms with Crippen molar-refractivity contribution in [3.63, 3.8) is 0 Å². The Bertz CT molecular complexity index is 563. The number of benzene rings is 1. The van der Waals surface area contributed by atoms with E-state index in [-0.39, 0.29) is 0 Å². The van der Waals surface area contributed by atoms with Gasteiger partial charge in [0, 0.05) is 25.3 Å². The van der Waals surface area contributed by atoms with Crippen LogP contribution >= 0.6 is 0 Å². The molecule has 0 bridgehead atoms. The SMILES string of the molecule is CCN1CCCCC1CNCc1ccnn1-c1ccccc1. The number of nitrogens with one attached hydrogen (secondary N) is 1. The van der Waals surface area contributed by atoms with Gasteiger partial charge in [0.05, 0.1) is 11.4 Å². The summed E-state index contributed by atoms with van der Waals surface area (Å²) >= 11 is 0. The van der Waals surface area contributed by atoms with Crippen LogP contribution in [0.15, 0.2) is 42.6 Å². The van der Waals surface area contributed by atoms with Crippen molar-refractivity contribution >= 4 is 0 Å². The molecule has 1 aromatic carbocycles. The van der Waals surface area contributed by atoms with Gasteiger partial charge >= 0.3 is 0 Å². The number of rotatable bonds is 6. The van der Waals surface area contributed by atoms with Crippen molar-refractivity contribution < 1.29 is 0 Å². The van der Waals surface area contributed by atoms with E-state index in [1.54, 1.807) is 0 Å². The normalized spacial score (nSPS) is 19.4. The Hall–Kier alpha value is -1.65. The second-order valence-electron chi connectivity index (χ2n) is 5.98. The molecule has 0 radical (unpaired) electrons. The Morgan fingerprint density at radius 2 is 2.05 bits per heavy atom. The Balaban J connectivity index is 1.57. The summed E-state index contributed by atoms with van der Waals surface area (Å²) in [4.78, 5) is 2.60. The molecule has 2 aromatic rings. The maximum absolute atomic E-state index is 4.45. The minimum absolute atomic E-state index is 0.687. The standard InChI is InChI=1S/C18H26N4/c1-2-21-13-7-6-10-17(21)14-19-15-18-11-12-20-22(18)16-8-4-3-5-9-16/h3-5,8-9,11-12,17,19H,2,6-7,10,13-15H2,1H3. The lowest BCUT2D eigenvalue weighted by Crippen LogP contribution is -2.45. The van der Waals surface area contributed by atoms with Crippen LogP contribution in [0.1, 0.15) is 31.9 Å². The average molecular weight is 298 g/mol. The van der Waals surface area contributed by atoms with E-state index >= 15 is 0 Å². The van der Waals surface area contributed by atoms with Crippen LogP contribution in [0.5, 0.6) is 0 Å². The molecular formula is C18H26N4. The number of hydrogen-bond acceptors (Lipinski definition) is 3. The third-order valence-corrected chi connectivity index (χ3v) is 4.56. The van der Waals surface area contributed by atoms with Crippen molar-refractivity contribution in [3.8, 4) is 5.69 Å². The van der Waals surface area contributed by atoms with E-state index in [9.17, 15) is 0 Å². The molecule has 0 amide bonds. The Morgan fingerprint density at radius 1 is 1.18 bits per heavy atom. The molecule has 1 atom stereocenters. The number of piperidine rings is 1. The molecule has 1 fully saturated rings. The van der Waals surface area contributed by atoms with Crippen LogP contribution in [0.2, 0.25) is 0 Å². The maximum Gasteiger partial charge on any atom is 0.0649 e. The van der Waals surface area contributed by atoms with Crippen molar-refractivity contribution in [3.05, 3.63) is 48.3 Å². The average Bonchev–Trinajstić information content (AvgIpc) is 3.04. The fourth-order valence-corrected chi connectivity index (χ4v) is 3.34. The van der Waals surface area contributed by atoms with Crippen molar-refractivity contribution in [2.24, 2.45) is 0 Å². The van der Waals surface area contributed by atoms with Crippen LogP contribution in [-0.4, -0.2) is 40.4 Å². The highest BCUT2D eigenvalue weighted by atomic mass is 15.3. The Morgan fingerprint density at radius 3 is 2.86 bits per heavy atom. The number of likely N-dealkylation sites (tertiary alicyclic amines) is 1. The maximum atomic E-state index is 4.45. The zero-order chi connectivity index (χ0) is 15.2. The van der Waals surface area contributed by atoms with Crippen molar-refractivity contribution in [2.75, 3.05) is 19.6 Å². The van der Waals surface area contributed by atoms with Gasteiger partial charge in [0.1, 0.15) is 0 Å². The number of para-hydroxylation sites is 1. The molecule has 0 saturated carbocycles. The third-order valence-electron chi connectivity index (χ3n) is 4.56. The molecule has 22 heavy (non-hydrogen) atoms. The van der Waals surface area contributed by atoms with Crippen molar-refractivity contribution in [1.82, 2.24) is 20.0 Å². The van der Waals surface area contributed by atoms with Crippen LogP contribution in [0.4, 0.5) is 0 Å². The van der Waals surface area contributed by atoms with Gasteiger partial charge in [0.15, 0.2) is 0 Å². The molecule has 0 spiro atoms. The highest BCUT2D eigenvalue weighted by Gasteiger charge is 2.20. The molecule has 3 rings (SSSR count). The van der Waals surface area contributed by atoms with Gasteiger partial charge in [-0.1, -0.05) is 31.5 Å². The first kappa shape index (κ1) is 15.3. The Kier molecular flexibility index (Phi) is 5.24. The fraction of sp³-hybridized carbons (Fsp3) is 0.500. The van der Waals surface area contributed by atoms with Crippen molar-refractivity contribution in [1.29, 1.82) is 0 Å². The molecule has 1 aliphatic rings. The van der Waals surface area contributed by atoms with Crippen LogP contribution in [-0.2, 0) is 6.54 Å². The monoisotopic (exact) mass is 298 g/mol. The van der Waals surface area contributed by atoms with Crippen LogP contribution in [0, 0.1) is 0 Å². The first-order chi connectivity index (χ1) is 10.9. The zero-order valence-corrected chi connectivity index (χ0v) is 13.4. The first-order valence-electron chi connectivity index (χ1n) is 8.41. The summed E-state index contributed by atoms with van der Waals surface area (Å²) in [5.41, 5.74) is 2.34. The van der Waals surface area contributed by atoms with E-state index in [1.807, 2.05) is 16.9 Å². The summed E-state index contributed by atoms with van der Waals surface area (Å²) in [6.45, 7) is 6.61. The number of aromatic nitrogens is 2. The van der Waals surface area contributed by atoms with Crippen LogP contribution < -0.4 is 5.32 Å². The fourth-order valence-electron chi connectivity index (χ4n) is 3.34. The van der Waals surface area contributed by atoms with E-state index in [1.165, 1.54) is 31.5 Å². The first-order valence-corrected chi connectivity index (χ1v) is 8.41. The summed E-state index contributed by atoms with van der Waals surface area (Å²) in [6.07, 6.45) is 5.91. The molecular weight excluding hydrogens is 272 g/mol. The molecule has 1 aliphatic heterocycles. The lowest BCUT2D eigenvalue weighted by molar-refractivity contribution is 0.153. The number of hydrogen-bond donors (Lipinski definition) is 1. The minimum Gasteiger partial charge on any atom is -0.310 e. The predicted octanol–water partition coefficient (Wildman–Crippen LogP) is 2.84. The van der Waals surface area contributed by atoms with E-state index < -0.39 is 0 Å². The second-order valence-corrected chi connectivity index (χ2v) is 5.98. The summed E-state index contributed by atoms with van der Waals surface area (Å²) in [5, 5.41) is 8.08. The summed E-state index contributed by atoms with van der Waals surface area (Å²) in [6, 6.07) is 13.1. The lowest BCUT2D eigenvalue weighted by atomic mass is 10.0. The summed E-state index contributed by atoms with van der Waals surface area (Å²) in [5.74, 6) is 0. The predicted molar refractivity (Wildman–Crippen MR) is 90.2 cm³/mol. The molecule has 1 unspecified atom stereocenters. The van der Waals surface area contributed by atoms with Gasteiger partial charge in [-0.2, -0.15) is 5.10 Å². The van der Waals surface area contributed by atoms with Gasteiger partial charge in [0.2, 0.25) is 0 Å². The van der Waals surface area contributed by atoms with Crippen LogP contribution in [0.3, 0.4) is 0 Å². The molecule has 2 heterocycles. The molecule has 1 N–H and O–H groups in total. The largest absolute Gasteiger partial charge is 0.310 e. The molecule has 118 valence electrons. The van der Waals surface area contributed by atoms with Gasteiger partial charge in [-0.15, -0.1) is 0 Å². The van der Waals surface area contributed by atoms with E-state index in [0.717, 1.165) is 25.3 Å². The topological polar surface area (TPSA) is 33.1 Å². The van der Waals surface area contributed by atoms with E-state index in [4.69, 9.17) is 0 Å². The quantitative estimate of drug-likeness (QED) is 0.890. The molecule has 1 saturated heterocycles. The Labute approximate surface area is 133 Å². The van der Waals surface area contributed by atoms with Gasteiger partial charge < -0.3 is 5.32 Å².